The number of amides is 2. The number of nitrogens with zero attached hydrogens (tertiary/aromatic N) is 3. The second-order valence-corrected chi connectivity index (χ2v) is 6.97. The van der Waals surface area contributed by atoms with Crippen LogP contribution in [0.15, 0.2) is 10.6 Å². The first-order valence-electron chi connectivity index (χ1n) is 8.41. The van der Waals surface area contributed by atoms with E-state index in [-0.39, 0.29) is 17.7 Å². The molecular formula is C16H22N4O3. The summed E-state index contributed by atoms with van der Waals surface area (Å²) in [7, 11) is 0. The van der Waals surface area contributed by atoms with Gasteiger partial charge in [-0.1, -0.05) is 5.16 Å². The van der Waals surface area contributed by atoms with Crippen LogP contribution < -0.4 is 5.73 Å². The van der Waals surface area contributed by atoms with E-state index in [0.717, 1.165) is 57.6 Å². The second kappa shape index (κ2) is 5.63. The van der Waals surface area contributed by atoms with Crippen LogP contribution in [-0.4, -0.2) is 59.0 Å². The maximum atomic E-state index is 12.4. The van der Waals surface area contributed by atoms with E-state index in [1.165, 1.54) is 0 Å². The highest BCUT2D eigenvalue weighted by Gasteiger charge is 2.38. The van der Waals surface area contributed by atoms with E-state index < -0.39 is 0 Å². The fourth-order valence-corrected chi connectivity index (χ4v) is 3.51. The van der Waals surface area contributed by atoms with E-state index in [2.05, 4.69) is 10.1 Å². The van der Waals surface area contributed by atoms with Gasteiger partial charge in [-0.05, 0) is 38.8 Å². The van der Waals surface area contributed by atoms with Gasteiger partial charge in [0.1, 0.15) is 5.76 Å². The van der Waals surface area contributed by atoms with Crippen LogP contribution in [-0.2, 0) is 4.79 Å². The fourth-order valence-electron chi connectivity index (χ4n) is 3.51. The molecule has 0 spiro atoms. The van der Waals surface area contributed by atoms with Crippen LogP contribution in [0.4, 0.5) is 0 Å². The van der Waals surface area contributed by atoms with Crippen LogP contribution in [0, 0.1) is 5.92 Å². The van der Waals surface area contributed by atoms with Crippen LogP contribution >= 0.6 is 0 Å². The smallest absolute Gasteiger partial charge is 0.276 e. The molecular weight excluding hydrogens is 296 g/mol. The molecule has 1 aliphatic carbocycles. The number of rotatable bonds is 4. The van der Waals surface area contributed by atoms with Crippen LogP contribution in [0.25, 0.3) is 0 Å². The number of carbonyl (C=O) groups excluding carboxylic acids is 2. The van der Waals surface area contributed by atoms with Gasteiger partial charge >= 0.3 is 0 Å². The third-order valence-corrected chi connectivity index (χ3v) is 5.33. The Bertz CT molecular complexity index is 611. The Balaban J connectivity index is 1.27. The van der Waals surface area contributed by atoms with Crippen molar-refractivity contribution in [1.29, 1.82) is 0 Å². The molecule has 1 aromatic rings. The van der Waals surface area contributed by atoms with Crippen LogP contribution in [0.5, 0.6) is 0 Å². The molecule has 0 radical (unpaired) electrons. The van der Waals surface area contributed by atoms with E-state index in [0.29, 0.717) is 17.7 Å². The summed E-state index contributed by atoms with van der Waals surface area (Å²) < 4.78 is 5.25. The molecule has 3 heterocycles. The maximum absolute atomic E-state index is 12.4. The summed E-state index contributed by atoms with van der Waals surface area (Å²) in [4.78, 5) is 27.8. The monoisotopic (exact) mass is 318 g/mol. The lowest BCUT2D eigenvalue weighted by atomic mass is 9.93. The van der Waals surface area contributed by atoms with Gasteiger partial charge in [-0.3, -0.25) is 14.5 Å². The molecule has 7 nitrogen and oxygen atoms in total. The average Bonchev–Trinajstić information content (AvgIpc) is 3.23. The van der Waals surface area contributed by atoms with Gasteiger partial charge in [-0.15, -0.1) is 0 Å². The minimum absolute atomic E-state index is 0.0139. The minimum atomic E-state index is -0.187. The van der Waals surface area contributed by atoms with Gasteiger partial charge < -0.3 is 15.2 Å². The van der Waals surface area contributed by atoms with Gasteiger partial charge in [0, 0.05) is 37.0 Å². The quantitative estimate of drug-likeness (QED) is 0.876. The average molecular weight is 318 g/mol. The van der Waals surface area contributed by atoms with Crippen LogP contribution in [0.2, 0.25) is 0 Å². The van der Waals surface area contributed by atoms with Crippen molar-refractivity contribution in [1.82, 2.24) is 15.0 Å². The van der Waals surface area contributed by atoms with E-state index in [1.807, 2.05) is 4.90 Å². The number of primary amides is 1. The van der Waals surface area contributed by atoms with Crippen LogP contribution in [0.1, 0.15) is 47.8 Å². The SMILES string of the molecule is NC(=O)C1CCN(C2CN(C(=O)c3cc(C4CC4)on3)C2)CC1. The minimum Gasteiger partial charge on any atom is -0.369 e. The number of aromatic nitrogens is 1. The zero-order valence-corrected chi connectivity index (χ0v) is 13.1. The summed E-state index contributed by atoms with van der Waals surface area (Å²) in [5.41, 5.74) is 5.79. The third kappa shape index (κ3) is 2.85. The molecule has 0 aromatic carbocycles. The van der Waals surface area contributed by atoms with E-state index in [4.69, 9.17) is 10.3 Å². The molecule has 2 N–H and O–H groups in total. The predicted molar refractivity (Wildman–Crippen MR) is 81.7 cm³/mol. The fraction of sp³-hybridized carbons (Fsp3) is 0.688. The first-order valence-corrected chi connectivity index (χ1v) is 8.41. The van der Waals surface area contributed by atoms with Crippen molar-refractivity contribution >= 4 is 11.8 Å². The maximum Gasteiger partial charge on any atom is 0.276 e. The number of hydrogen-bond acceptors (Lipinski definition) is 5. The summed E-state index contributed by atoms with van der Waals surface area (Å²) in [6.07, 6.45) is 3.92. The van der Waals surface area contributed by atoms with E-state index in [1.54, 1.807) is 6.07 Å². The summed E-state index contributed by atoms with van der Waals surface area (Å²) in [6, 6.07) is 2.19. The van der Waals surface area contributed by atoms with E-state index >= 15 is 0 Å². The highest BCUT2D eigenvalue weighted by molar-refractivity contribution is 5.93. The standard InChI is InChI=1S/C16H22N4O3/c17-15(21)11-3-5-19(6-4-11)12-8-20(9-12)16(22)13-7-14(23-18-13)10-1-2-10/h7,10-12H,1-6,8-9H2,(H2,17,21). The first kappa shape index (κ1) is 14.7. The Morgan fingerprint density at radius 2 is 1.87 bits per heavy atom. The molecule has 1 aromatic heterocycles. The normalized spacial score (nSPS) is 23.7. The Hall–Kier alpha value is -1.89. The molecule has 3 fully saturated rings. The van der Waals surface area contributed by atoms with Crippen molar-refractivity contribution in [2.45, 2.75) is 37.6 Å². The van der Waals surface area contributed by atoms with Crippen molar-refractivity contribution in [2.75, 3.05) is 26.2 Å². The molecule has 2 saturated heterocycles. The van der Waals surface area contributed by atoms with Crippen molar-refractivity contribution in [3.8, 4) is 0 Å². The summed E-state index contributed by atoms with van der Waals surface area (Å²) in [5, 5.41) is 3.92. The lowest BCUT2D eigenvalue weighted by Crippen LogP contribution is -2.62. The number of nitrogens with two attached hydrogens (primary N) is 1. The third-order valence-electron chi connectivity index (χ3n) is 5.33. The zero-order chi connectivity index (χ0) is 16.0. The summed E-state index contributed by atoms with van der Waals surface area (Å²) >= 11 is 0. The Labute approximate surface area is 134 Å². The van der Waals surface area contributed by atoms with Crippen molar-refractivity contribution in [2.24, 2.45) is 11.7 Å². The lowest BCUT2D eigenvalue weighted by Gasteiger charge is -2.47. The molecule has 0 unspecified atom stereocenters. The molecule has 0 bridgehead atoms. The van der Waals surface area contributed by atoms with Crippen molar-refractivity contribution in [3.63, 3.8) is 0 Å². The van der Waals surface area contributed by atoms with Gasteiger partial charge in [0.2, 0.25) is 5.91 Å². The predicted octanol–water partition coefficient (Wildman–Crippen LogP) is 0.574. The van der Waals surface area contributed by atoms with E-state index in [9.17, 15) is 9.59 Å². The molecule has 3 aliphatic rings. The van der Waals surface area contributed by atoms with Crippen LogP contribution in [0.3, 0.4) is 0 Å². The Morgan fingerprint density at radius 3 is 2.48 bits per heavy atom. The number of hydrogen-bond donors (Lipinski definition) is 1. The summed E-state index contributed by atoms with van der Waals surface area (Å²) in [6.45, 7) is 3.23. The molecule has 1 saturated carbocycles. The molecule has 124 valence electrons. The van der Waals surface area contributed by atoms with Crippen molar-refractivity contribution in [3.05, 3.63) is 17.5 Å². The van der Waals surface area contributed by atoms with Gasteiger partial charge in [-0.2, -0.15) is 0 Å². The largest absolute Gasteiger partial charge is 0.369 e. The number of likely N-dealkylation sites (tertiary alicyclic amines) is 2. The van der Waals surface area contributed by atoms with Crippen molar-refractivity contribution < 1.29 is 14.1 Å². The highest BCUT2D eigenvalue weighted by atomic mass is 16.5. The molecule has 0 atom stereocenters. The van der Waals surface area contributed by atoms with Gasteiger partial charge in [0.25, 0.3) is 5.91 Å². The number of carbonyl (C=O) groups is 2. The zero-order valence-electron chi connectivity index (χ0n) is 13.1. The Morgan fingerprint density at radius 1 is 1.17 bits per heavy atom. The lowest BCUT2D eigenvalue weighted by molar-refractivity contribution is -0.123. The summed E-state index contributed by atoms with van der Waals surface area (Å²) in [5.74, 6) is 1.11. The molecule has 7 heteroatoms. The molecule has 2 amide bonds. The second-order valence-electron chi connectivity index (χ2n) is 6.97. The van der Waals surface area contributed by atoms with Gasteiger partial charge in [0.05, 0.1) is 0 Å². The van der Waals surface area contributed by atoms with Gasteiger partial charge in [-0.25, -0.2) is 0 Å². The molecule has 2 aliphatic heterocycles. The molecule has 4 rings (SSSR count). The highest BCUT2D eigenvalue weighted by Crippen LogP contribution is 2.40. The number of piperidine rings is 1. The Kier molecular flexibility index (Phi) is 3.60. The first-order chi connectivity index (χ1) is 11.1. The molecule has 23 heavy (non-hydrogen) atoms. The van der Waals surface area contributed by atoms with Gasteiger partial charge in [0.15, 0.2) is 5.69 Å². The topological polar surface area (TPSA) is 92.7 Å².